The van der Waals surface area contributed by atoms with E-state index in [-0.39, 0.29) is 11.3 Å². The lowest BCUT2D eigenvalue weighted by Crippen LogP contribution is -2.33. The molecule has 0 saturated heterocycles. The quantitative estimate of drug-likeness (QED) is 0.284. The van der Waals surface area contributed by atoms with Gasteiger partial charge in [-0.25, -0.2) is 5.43 Å². The van der Waals surface area contributed by atoms with Crippen LogP contribution in [0.3, 0.4) is 0 Å². The molecule has 3 aromatic rings. The molecule has 0 unspecified atom stereocenters. The molecule has 174 valence electrons. The molecule has 0 aliphatic carbocycles. The number of aryl methyl sites for hydroxylation is 1. The highest BCUT2D eigenvalue weighted by Crippen LogP contribution is 2.26. The van der Waals surface area contributed by atoms with E-state index in [2.05, 4.69) is 21.2 Å². The Morgan fingerprint density at radius 1 is 0.824 bits per heavy atom. The summed E-state index contributed by atoms with van der Waals surface area (Å²) < 4.78 is 10.4. The number of hydrogen-bond donors (Lipinski definition) is 3. The first-order valence-corrected chi connectivity index (χ1v) is 10.2. The summed E-state index contributed by atoms with van der Waals surface area (Å²) in [4.78, 5) is 37.2. The highest BCUT2D eigenvalue weighted by Gasteiger charge is 2.17. The van der Waals surface area contributed by atoms with Crippen LogP contribution >= 0.6 is 0 Å². The third kappa shape index (κ3) is 6.19. The number of ether oxygens (including phenoxy) is 2. The van der Waals surface area contributed by atoms with Gasteiger partial charge >= 0.3 is 11.8 Å². The molecular formula is C25H24N4O5. The van der Waals surface area contributed by atoms with Crippen LogP contribution in [0.2, 0.25) is 0 Å². The van der Waals surface area contributed by atoms with Gasteiger partial charge in [-0.1, -0.05) is 29.8 Å². The van der Waals surface area contributed by atoms with Gasteiger partial charge in [0.25, 0.3) is 5.91 Å². The van der Waals surface area contributed by atoms with Crippen LogP contribution in [0.1, 0.15) is 21.5 Å². The van der Waals surface area contributed by atoms with Gasteiger partial charge in [0.1, 0.15) is 0 Å². The summed E-state index contributed by atoms with van der Waals surface area (Å²) in [6.07, 6.45) is 1.36. The molecule has 9 heteroatoms. The number of hydrazone groups is 1. The standard InChI is InChI=1S/C25H24N4O5/c1-16-8-11-18(12-9-16)27-23(30)19-6-4-5-7-20(19)28-24(31)25(32)29-26-15-17-10-13-21(33-2)22(14-17)34-3/h4-15H,1-3H3,(H,27,30)(H,28,31)(H,29,32)/b26-15-. The predicted molar refractivity (Wildman–Crippen MR) is 129 cm³/mol. The number of hydrogen-bond acceptors (Lipinski definition) is 6. The number of nitrogens with zero attached hydrogens (tertiary/aromatic N) is 1. The van der Waals surface area contributed by atoms with E-state index in [1.165, 1.54) is 26.5 Å². The third-order valence-electron chi connectivity index (χ3n) is 4.72. The van der Waals surface area contributed by atoms with Gasteiger partial charge in [0.05, 0.1) is 31.7 Å². The van der Waals surface area contributed by atoms with Crippen molar-refractivity contribution in [2.24, 2.45) is 5.10 Å². The molecule has 3 aromatic carbocycles. The normalized spacial score (nSPS) is 10.4. The first-order valence-electron chi connectivity index (χ1n) is 10.2. The number of nitrogens with one attached hydrogen (secondary N) is 3. The van der Waals surface area contributed by atoms with Crippen LogP contribution in [0.5, 0.6) is 11.5 Å². The van der Waals surface area contributed by atoms with E-state index in [1.54, 1.807) is 48.5 Å². The molecule has 0 radical (unpaired) electrons. The van der Waals surface area contributed by atoms with E-state index in [9.17, 15) is 14.4 Å². The summed E-state index contributed by atoms with van der Waals surface area (Å²) in [7, 11) is 3.03. The minimum atomic E-state index is -0.995. The van der Waals surface area contributed by atoms with E-state index in [0.29, 0.717) is 22.7 Å². The van der Waals surface area contributed by atoms with Crippen molar-refractivity contribution in [1.82, 2.24) is 5.43 Å². The minimum Gasteiger partial charge on any atom is -0.493 e. The number of rotatable bonds is 7. The van der Waals surface area contributed by atoms with Crippen molar-refractivity contribution in [2.75, 3.05) is 24.9 Å². The lowest BCUT2D eigenvalue weighted by atomic mass is 10.1. The van der Waals surface area contributed by atoms with Crippen molar-refractivity contribution >= 4 is 35.3 Å². The lowest BCUT2D eigenvalue weighted by Gasteiger charge is -2.11. The molecule has 0 fully saturated rings. The summed E-state index contributed by atoms with van der Waals surface area (Å²) >= 11 is 0. The Morgan fingerprint density at radius 2 is 1.53 bits per heavy atom. The molecular weight excluding hydrogens is 436 g/mol. The Morgan fingerprint density at radius 3 is 2.24 bits per heavy atom. The van der Waals surface area contributed by atoms with Crippen LogP contribution in [-0.4, -0.2) is 38.2 Å². The molecule has 0 bridgehead atoms. The number of carbonyl (C=O) groups excluding carboxylic acids is 3. The number of methoxy groups -OCH3 is 2. The number of anilines is 2. The van der Waals surface area contributed by atoms with Gasteiger partial charge in [0.2, 0.25) is 0 Å². The van der Waals surface area contributed by atoms with Gasteiger partial charge in [-0.3, -0.25) is 14.4 Å². The maximum absolute atomic E-state index is 12.7. The van der Waals surface area contributed by atoms with Crippen molar-refractivity contribution in [2.45, 2.75) is 6.92 Å². The molecule has 0 heterocycles. The summed E-state index contributed by atoms with van der Waals surface area (Å²) in [5.74, 6) is -1.35. The molecule has 0 aliphatic heterocycles. The van der Waals surface area contributed by atoms with Gasteiger partial charge in [-0.15, -0.1) is 0 Å². The second kappa shape index (κ2) is 11.3. The molecule has 3 N–H and O–H groups in total. The highest BCUT2D eigenvalue weighted by molar-refractivity contribution is 6.40. The van der Waals surface area contributed by atoms with Crippen molar-refractivity contribution in [3.63, 3.8) is 0 Å². The maximum Gasteiger partial charge on any atom is 0.329 e. The Hall–Kier alpha value is -4.66. The number of carbonyl (C=O) groups is 3. The van der Waals surface area contributed by atoms with Crippen LogP contribution in [0, 0.1) is 6.92 Å². The second-order valence-corrected chi connectivity index (χ2v) is 7.13. The summed E-state index contributed by atoms with van der Waals surface area (Å²) in [6, 6.07) is 18.7. The van der Waals surface area contributed by atoms with Crippen LogP contribution in [0.4, 0.5) is 11.4 Å². The molecule has 0 aromatic heterocycles. The molecule has 34 heavy (non-hydrogen) atoms. The Bertz CT molecular complexity index is 1220. The summed E-state index contributed by atoms with van der Waals surface area (Å²) in [5.41, 5.74) is 4.85. The summed E-state index contributed by atoms with van der Waals surface area (Å²) in [6.45, 7) is 1.94. The van der Waals surface area contributed by atoms with E-state index in [0.717, 1.165) is 5.56 Å². The van der Waals surface area contributed by atoms with Gasteiger partial charge in [-0.2, -0.15) is 5.10 Å². The third-order valence-corrected chi connectivity index (χ3v) is 4.72. The molecule has 0 aliphatic rings. The average molecular weight is 460 g/mol. The molecule has 0 spiro atoms. The first kappa shape index (κ1) is 24.0. The van der Waals surface area contributed by atoms with Gasteiger partial charge in [-0.05, 0) is 55.0 Å². The fourth-order valence-electron chi connectivity index (χ4n) is 2.95. The van der Waals surface area contributed by atoms with Gasteiger partial charge in [0, 0.05) is 5.69 Å². The van der Waals surface area contributed by atoms with Crippen molar-refractivity contribution in [3.05, 3.63) is 83.4 Å². The molecule has 0 saturated carbocycles. The van der Waals surface area contributed by atoms with Gasteiger partial charge in [0.15, 0.2) is 11.5 Å². The average Bonchev–Trinajstić information content (AvgIpc) is 2.85. The van der Waals surface area contributed by atoms with Crippen molar-refractivity contribution in [1.29, 1.82) is 0 Å². The van der Waals surface area contributed by atoms with E-state index in [4.69, 9.17) is 9.47 Å². The molecule has 9 nitrogen and oxygen atoms in total. The van der Waals surface area contributed by atoms with Crippen LogP contribution in [0.15, 0.2) is 71.8 Å². The summed E-state index contributed by atoms with van der Waals surface area (Å²) in [5, 5.41) is 9.01. The largest absolute Gasteiger partial charge is 0.493 e. The maximum atomic E-state index is 12.7. The number of para-hydroxylation sites is 1. The topological polar surface area (TPSA) is 118 Å². The SMILES string of the molecule is COc1ccc(/C=N\NC(=O)C(=O)Nc2ccccc2C(=O)Nc2ccc(C)cc2)cc1OC. The minimum absolute atomic E-state index is 0.191. The lowest BCUT2D eigenvalue weighted by molar-refractivity contribution is -0.136. The molecule has 3 amide bonds. The predicted octanol–water partition coefficient (Wildman–Crippen LogP) is 3.35. The van der Waals surface area contributed by atoms with E-state index >= 15 is 0 Å². The van der Waals surface area contributed by atoms with Crippen molar-refractivity contribution < 1.29 is 23.9 Å². The second-order valence-electron chi connectivity index (χ2n) is 7.13. The molecule has 3 rings (SSSR count). The monoisotopic (exact) mass is 460 g/mol. The van der Waals surface area contributed by atoms with Crippen LogP contribution < -0.4 is 25.5 Å². The fraction of sp³-hybridized carbons (Fsp3) is 0.120. The number of benzene rings is 3. The first-order chi connectivity index (χ1) is 16.4. The number of amides is 3. The zero-order chi connectivity index (χ0) is 24.5. The van der Waals surface area contributed by atoms with E-state index < -0.39 is 17.7 Å². The Balaban J connectivity index is 1.63. The smallest absolute Gasteiger partial charge is 0.329 e. The molecule has 0 atom stereocenters. The van der Waals surface area contributed by atoms with Crippen LogP contribution in [-0.2, 0) is 9.59 Å². The van der Waals surface area contributed by atoms with Crippen LogP contribution in [0.25, 0.3) is 0 Å². The van der Waals surface area contributed by atoms with Gasteiger partial charge < -0.3 is 20.1 Å². The zero-order valence-corrected chi connectivity index (χ0v) is 18.9. The Labute approximate surface area is 196 Å². The highest BCUT2D eigenvalue weighted by atomic mass is 16.5. The Kier molecular flexibility index (Phi) is 7.96. The fourth-order valence-corrected chi connectivity index (χ4v) is 2.95. The van der Waals surface area contributed by atoms with E-state index in [1.807, 2.05) is 19.1 Å². The zero-order valence-electron chi connectivity index (χ0n) is 18.9. The van der Waals surface area contributed by atoms with Crippen molar-refractivity contribution in [3.8, 4) is 11.5 Å².